The van der Waals surface area contributed by atoms with E-state index in [1.54, 1.807) is 6.92 Å². The Bertz CT molecular complexity index is 294. The van der Waals surface area contributed by atoms with Crippen molar-refractivity contribution in [2.24, 2.45) is 0 Å². The molecule has 1 saturated heterocycles. The minimum absolute atomic E-state index is 0.0241. The molecule has 90 valence electrons. The molecule has 0 N–H and O–H groups in total. The molecule has 0 aromatic heterocycles. The first kappa shape index (κ1) is 13.2. The van der Waals surface area contributed by atoms with Crippen molar-refractivity contribution >= 4 is 21.6 Å². The average Bonchev–Trinajstić information content (AvgIpc) is 2.27. The monoisotopic (exact) mass is 255 g/mol. The number of hydrogen-bond donors (Lipinski definition) is 0. The van der Waals surface area contributed by atoms with Gasteiger partial charge in [0.1, 0.15) is 0 Å². The number of halogens is 1. The number of rotatable bonds is 4. The van der Waals surface area contributed by atoms with Crippen LogP contribution in [0.25, 0.3) is 0 Å². The third-order valence-electron chi connectivity index (χ3n) is 2.64. The molecule has 1 heterocycles. The highest BCUT2D eigenvalue weighted by atomic mass is 35.5. The lowest BCUT2D eigenvalue weighted by molar-refractivity contribution is -0.00295. The Morgan fingerprint density at radius 2 is 2.27 bits per heavy atom. The minimum atomic E-state index is -3.23. The van der Waals surface area contributed by atoms with E-state index < -0.39 is 15.3 Å². The number of sulfonamides is 1. The van der Waals surface area contributed by atoms with Crippen LogP contribution in [-0.4, -0.2) is 49.7 Å². The predicted molar refractivity (Wildman–Crippen MR) is 60.7 cm³/mol. The third kappa shape index (κ3) is 3.06. The van der Waals surface area contributed by atoms with Crippen LogP contribution in [0.1, 0.15) is 20.3 Å². The van der Waals surface area contributed by atoms with Crippen molar-refractivity contribution in [3.8, 4) is 0 Å². The van der Waals surface area contributed by atoms with E-state index in [0.717, 1.165) is 6.42 Å². The second-order valence-electron chi connectivity index (χ2n) is 3.77. The van der Waals surface area contributed by atoms with Crippen LogP contribution < -0.4 is 0 Å². The van der Waals surface area contributed by atoms with Crippen LogP contribution in [0.3, 0.4) is 0 Å². The Labute approximate surface area is 96.6 Å². The molecular weight excluding hydrogens is 238 g/mol. The average molecular weight is 256 g/mol. The highest BCUT2D eigenvalue weighted by Crippen LogP contribution is 2.16. The van der Waals surface area contributed by atoms with Crippen LogP contribution in [0.15, 0.2) is 0 Å². The van der Waals surface area contributed by atoms with E-state index in [2.05, 4.69) is 0 Å². The van der Waals surface area contributed by atoms with Gasteiger partial charge in [-0.2, -0.15) is 4.31 Å². The molecule has 6 heteroatoms. The molecule has 0 amide bonds. The minimum Gasteiger partial charge on any atom is -0.375 e. The van der Waals surface area contributed by atoms with Gasteiger partial charge in [-0.25, -0.2) is 8.42 Å². The molecule has 1 rings (SSSR count). The summed E-state index contributed by atoms with van der Waals surface area (Å²) in [5.74, 6) is 0.135. The zero-order valence-electron chi connectivity index (χ0n) is 9.15. The lowest BCUT2D eigenvalue weighted by atomic mass is 10.2. The first-order valence-electron chi connectivity index (χ1n) is 5.18. The fourth-order valence-electron chi connectivity index (χ4n) is 1.50. The Balaban J connectivity index is 2.70. The van der Waals surface area contributed by atoms with Crippen molar-refractivity contribution in [2.75, 3.05) is 25.6 Å². The maximum atomic E-state index is 12.0. The van der Waals surface area contributed by atoms with Crippen molar-refractivity contribution < 1.29 is 13.2 Å². The molecule has 1 fully saturated rings. The summed E-state index contributed by atoms with van der Waals surface area (Å²) in [5.41, 5.74) is 0. The maximum Gasteiger partial charge on any atom is 0.218 e. The van der Waals surface area contributed by atoms with Crippen LogP contribution in [0.4, 0.5) is 0 Å². The van der Waals surface area contributed by atoms with Gasteiger partial charge in [-0.05, 0) is 13.3 Å². The summed E-state index contributed by atoms with van der Waals surface area (Å²) in [6.07, 6.45) is 0.859. The van der Waals surface area contributed by atoms with Gasteiger partial charge < -0.3 is 4.74 Å². The van der Waals surface area contributed by atoms with Gasteiger partial charge in [0.25, 0.3) is 0 Å². The van der Waals surface area contributed by atoms with Crippen molar-refractivity contribution in [3.63, 3.8) is 0 Å². The molecule has 0 radical (unpaired) electrons. The summed E-state index contributed by atoms with van der Waals surface area (Å²) in [6.45, 7) is 5.01. The molecule has 0 aromatic rings. The van der Waals surface area contributed by atoms with Gasteiger partial charge in [0.2, 0.25) is 10.0 Å². The molecule has 4 nitrogen and oxygen atoms in total. The largest absolute Gasteiger partial charge is 0.375 e. The summed E-state index contributed by atoms with van der Waals surface area (Å²) in [6, 6.07) is 0. The first-order chi connectivity index (χ1) is 7.02. The molecule has 1 aliphatic rings. The van der Waals surface area contributed by atoms with Gasteiger partial charge in [-0.1, -0.05) is 6.92 Å². The zero-order valence-corrected chi connectivity index (χ0v) is 10.7. The number of alkyl halides is 1. The quantitative estimate of drug-likeness (QED) is 0.706. The summed E-state index contributed by atoms with van der Waals surface area (Å²) in [5, 5.41) is -0.519. The van der Waals surface area contributed by atoms with Crippen LogP contribution in [0, 0.1) is 0 Å². The molecule has 0 aromatic carbocycles. The fraction of sp³-hybridized carbons (Fsp3) is 1.00. The standard InChI is InChI=1S/C9H18ClNO3S/c1-3-9-7-11(4-5-14-9)15(12,13)8(2)6-10/h8-9H,3-7H2,1-2H3. The predicted octanol–water partition coefficient (Wildman–Crippen LogP) is 1.05. The lowest BCUT2D eigenvalue weighted by Gasteiger charge is -2.33. The molecule has 0 saturated carbocycles. The number of ether oxygens (including phenoxy) is 1. The van der Waals surface area contributed by atoms with E-state index in [9.17, 15) is 8.42 Å². The highest BCUT2D eigenvalue weighted by Gasteiger charge is 2.32. The molecule has 0 bridgehead atoms. The molecule has 1 aliphatic heterocycles. The third-order valence-corrected chi connectivity index (χ3v) is 5.52. The summed E-state index contributed by atoms with van der Waals surface area (Å²) >= 11 is 5.59. The highest BCUT2D eigenvalue weighted by molar-refractivity contribution is 7.89. The van der Waals surface area contributed by atoms with E-state index >= 15 is 0 Å². The normalized spacial score (nSPS) is 26.5. The molecule has 15 heavy (non-hydrogen) atoms. The smallest absolute Gasteiger partial charge is 0.218 e. The molecular formula is C9H18ClNO3S. The van der Waals surface area contributed by atoms with E-state index in [-0.39, 0.29) is 12.0 Å². The lowest BCUT2D eigenvalue weighted by Crippen LogP contribution is -2.48. The van der Waals surface area contributed by atoms with E-state index in [1.165, 1.54) is 4.31 Å². The molecule has 2 atom stereocenters. The SMILES string of the molecule is CCC1CN(S(=O)(=O)C(C)CCl)CCO1. The number of hydrogen-bond acceptors (Lipinski definition) is 3. The summed E-state index contributed by atoms with van der Waals surface area (Å²) in [7, 11) is -3.23. The second-order valence-corrected chi connectivity index (χ2v) is 6.43. The Kier molecular flexibility index (Phi) is 4.83. The molecule has 0 aliphatic carbocycles. The van der Waals surface area contributed by atoms with Gasteiger partial charge in [-0.3, -0.25) is 0 Å². The van der Waals surface area contributed by atoms with Gasteiger partial charge in [0, 0.05) is 19.0 Å². The molecule has 0 spiro atoms. The van der Waals surface area contributed by atoms with E-state index in [0.29, 0.717) is 19.7 Å². The van der Waals surface area contributed by atoms with Gasteiger partial charge in [0.15, 0.2) is 0 Å². The molecule has 2 unspecified atom stereocenters. The zero-order chi connectivity index (χ0) is 11.5. The van der Waals surface area contributed by atoms with Crippen LogP contribution in [0.5, 0.6) is 0 Å². The van der Waals surface area contributed by atoms with Gasteiger partial charge in [0.05, 0.1) is 18.0 Å². The fourth-order valence-corrected chi connectivity index (χ4v) is 3.35. The van der Waals surface area contributed by atoms with Crippen LogP contribution >= 0.6 is 11.6 Å². The Morgan fingerprint density at radius 3 is 2.80 bits per heavy atom. The van der Waals surface area contributed by atoms with E-state index in [1.807, 2.05) is 6.92 Å². The number of nitrogens with zero attached hydrogens (tertiary/aromatic N) is 1. The van der Waals surface area contributed by atoms with Crippen molar-refractivity contribution in [2.45, 2.75) is 31.6 Å². The van der Waals surface area contributed by atoms with Gasteiger partial charge >= 0.3 is 0 Å². The van der Waals surface area contributed by atoms with Crippen LogP contribution in [0.2, 0.25) is 0 Å². The van der Waals surface area contributed by atoms with E-state index in [4.69, 9.17) is 16.3 Å². The summed E-state index contributed by atoms with van der Waals surface area (Å²) in [4.78, 5) is 0. The van der Waals surface area contributed by atoms with Crippen LogP contribution in [-0.2, 0) is 14.8 Å². The first-order valence-corrected chi connectivity index (χ1v) is 7.22. The second kappa shape index (κ2) is 5.48. The maximum absolute atomic E-state index is 12.0. The van der Waals surface area contributed by atoms with Crippen molar-refractivity contribution in [3.05, 3.63) is 0 Å². The van der Waals surface area contributed by atoms with Crippen molar-refractivity contribution in [1.29, 1.82) is 0 Å². The topological polar surface area (TPSA) is 46.6 Å². The van der Waals surface area contributed by atoms with Crippen molar-refractivity contribution in [1.82, 2.24) is 4.31 Å². The number of morpholine rings is 1. The summed E-state index contributed by atoms with van der Waals surface area (Å²) < 4.78 is 30.9. The Hall–Kier alpha value is 0.160. The Morgan fingerprint density at radius 1 is 1.60 bits per heavy atom. The van der Waals surface area contributed by atoms with Gasteiger partial charge in [-0.15, -0.1) is 11.6 Å².